The predicted molar refractivity (Wildman–Crippen MR) is 68.9 cm³/mol. The van der Waals surface area contributed by atoms with Gasteiger partial charge in [-0.3, -0.25) is 9.79 Å². The molecular formula is C13H17NO6. The van der Waals surface area contributed by atoms with E-state index in [2.05, 4.69) is 14.5 Å². The molecule has 0 bridgehead atoms. The highest BCUT2D eigenvalue weighted by molar-refractivity contribution is 6.05. The lowest BCUT2D eigenvalue weighted by Crippen LogP contribution is -2.29. The third kappa shape index (κ3) is 3.66. The Bertz CT molecular complexity index is 491. The fourth-order valence-corrected chi connectivity index (χ4v) is 1.81. The van der Waals surface area contributed by atoms with Gasteiger partial charge in [-0.25, -0.2) is 9.59 Å². The molecular weight excluding hydrogens is 266 g/mol. The van der Waals surface area contributed by atoms with Crippen LogP contribution in [-0.2, 0) is 28.6 Å². The molecule has 1 heterocycles. The fourth-order valence-electron chi connectivity index (χ4n) is 1.81. The molecule has 1 aliphatic heterocycles. The summed E-state index contributed by atoms with van der Waals surface area (Å²) in [6.07, 6.45) is 0.147. The molecule has 20 heavy (non-hydrogen) atoms. The van der Waals surface area contributed by atoms with E-state index in [0.717, 1.165) is 0 Å². The molecule has 1 aliphatic rings. The number of hydrogen-bond donors (Lipinski definition) is 0. The van der Waals surface area contributed by atoms with Gasteiger partial charge in [-0.15, -0.1) is 0 Å². The minimum Gasteiger partial charge on any atom is -0.469 e. The molecule has 0 aromatic rings. The van der Waals surface area contributed by atoms with Crippen LogP contribution in [0.4, 0.5) is 0 Å². The monoisotopic (exact) mass is 283 g/mol. The van der Waals surface area contributed by atoms with Gasteiger partial charge in [0, 0.05) is 11.4 Å². The first-order chi connectivity index (χ1) is 9.40. The van der Waals surface area contributed by atoms with Gasteiger partial charge in [0.25, 0.3) is 0 Å². The second-order valence-corrected chi connectivity index (χ2v) is 4.25. The van der Waals surface area contributed by atoms with Crippen LogP contribution >= 0.6 is 0 Å². The normalized spacial score (nSPS) is 18.2. The molecule has 110 valence electrons. The molecule has 7 heteroatoms. The molecule has 0 saturated heterocycles. The SMILES string of the molecule is COC(=O)COC(=O)C1=C(C)N=C(C)C(C(=O)OC)C1. The zero-order chi connectivity index (χ0) is 15.3. The summed E-state index contributed by atoms with van der Waals surface area (Å²) in [6, 6.07) is 0. The number of aliphatic imine (C=N–C) groups is 1. The van der Waals surface area contributed by atoms with E-state index in [4.69, 9.17) is 4.74 Å². The van der Waals surface area contributed by atoms with Crippen molar-refractivity contribution in [2.75, 3.05) is 20.8 Å². The first-order valence-corrected chi connectivity index (χ1v) is 5.97. The van der Waals surface area contributed by atoms with Crippen molar-refractivity contribution in [1.82, 2.24) is 0 Å². The van der Waals surface area contributed by atoms with Crippen molar-refractivity contribution >= 4 is 23.6 Å². The topological polar surface area (TPSA) is 91.3 Å². The number of carbonyl (C=O) groups is 3. The van der Waals surface area contributed by atoms with Crippen LogP contribution in [0.5, 0.6) is 0 Å². The van der Waals surface area contributed by atoms with Crippen LogP contribution in [0.25, 0.3) is 0 Å². The van der Waals surface area contributed by atoms with Gasteiger partial charge in [-0.1, -0.05) is 0 Å². The number of methoxy groups -OCH3 is 2. The van der Waals surface area contributed by atoms with Gasteiger partial charge < -0.3 is 14.2 Å². The highest BCUT2D eigenvalue weighted by Crippen LogP contribution is 2.26. The third-order valence-corrected chi connectivity index (χ3v) is 2.97. The van der Waals surface area contributed by atoms with E-state index in [-0.39, 0.29) is 12.0 Å². The molecule has 1 rings (SSSR count). The Morgan fingerprint density at radius 1 is 1.20 bits per heavy atom. The average Bonchev–Trinajstić information content (AvgIpc) is 2.43. The van der Waals surface area contributed by atoms with E-state index in [9.17, 15) is 14.4 Å². The summed E-state index contributed by atoms with van der Waals surface area (Å²) in [5.74, 6) is -2.41. The number of carbonyl (C=O) groups excluding carboxylic acids is 3. The maximum absolute atomic E-state index is 11.9. The Hall–Kier alpha value is -2.18. The predicted octanol–water partition coefficient (Wildman–Crippen LogP) is 0.630. The van der Waals surface area contributed by atoms with Crippen molar-refractivity contribution < 1.29 is 28.6 Å². The number of esters is 3. The second-order valence-electron chi connectivity index (χ2n) is 4.25. The summed E-state index contributed by atoms with van der Waals surface area (Å²) in [5.41, 5.74) is 1.31. The minimum absolute atomic E-state index is 0.147. The lowest BCUT2D eigenvalue weighted by Gasteiger charge is -2.21. The first-order valence-electron chi connectivity index (χ1n) is 5.97. The maximum atomic E-state index is 11.9. The Balaban J connectivity index is 2.83. The van der Waals surface area contributed by atoms with Gasteiger partial charge in [-0.05, 0) is 20.3 Å². The van der Waals surface area contributed by atoms with Crippen molar-refractivity contribution in [3.05, 3.63) is 11.3 Å². The smallest absolute Gasteiger partial charge is 0.344 e. The van der Waals surface area contributed by atoms with Gasteiger partial charge in [0.2, 0.25) is 0 Å². The van der Waals surface area contributed by atoms with Crippen LogP contribution in [-0.4, -0.2) is 44.4 Å². The average molecular weight is 283 g/mol. The van der Waals surface area contributed by atoms with E-state index in [1.165, 1.54) is 14.2 Å². The van der Waals surface area contributed by atoms with Crippen molar-refractivity contribution in [2.24, 2.45) is 10.9 Å². The highest BCUT2D eigenvalue weighted by atomic mass is 16.6. The van der Waals surface area contributed by atoms with Crippen molar-refractivity contribution in [1.29, 1.82) is 0 Å². The van der Waals surface area contributed by atoms with E-state index < -0.39 is 30.4 Å². The Morgan fingerprint density at radius 2 is 1.85 bits per heavy atom. The fraction of sp³-hybridized carbons (Fsp3) is 0.538. The van der Waals surface area contributed by atoms with Crippen LogP contribution in [0.15, 0.2) is 16.3 Å². The number of rotatable bonds is 4. The molecule has 0 aliphatic carbocycles. The summed E-state index contributed by atoms with van der Waals surface area (Å²) in [5, 5.41) is 0. The first kappa shape index (κ1) is 15.9. The second kappa shape index (κ2) is 6.83. The highest BCUT2D eigenvalue weighted by Gasteiger charge is 2.31. The van der Waals surface area contributed by atoms with E-state index in [1.807, 2.05) is 0 Å². The molecule has 0 amide bonds. The number of allylic oxidation sites excluding steroid dienone is 1. The van der Waals surface area contributed by atoms with E-state index in [0.29, 0.717) is 11.4 Å². The maximum Gasteiger partial charge on any atom is 0.344 e. The molecule has 1 unspecified atom stereocenters. The summed E-state index contributed by atoms with van der Waals surface area (Å²) < 4.78 is 13.9. The Labute approximate surface area is 116 Å². The molecule has 7 nitrogen and oxygen atoms in total. The molecule has 0 saturated carbocycles. The standard InChI is InChI=1S/C13H17NO6/c1-7-9(12(16)19-4)5-10(8(2)14-7)13(17)20-6-11(15)18-3/h9H,5-6H2,1-4H3. The third-order valence-electron chi connectivity index (χ3n) is 2.97. The molecule has 0 aromatic carbocycles. The quantitative estimate of drug-likeness (QED) is 0.555. The van der Waals surface area contributed by atoms with Gasteiger partial charge in [0.15, 0.2) is 6.61 Å². The van der Waals surface area contributed by atoms with Gasteiger partial charge in [-0.2, -0.15) is 0 Å². The van der Waals surface area contributed by atoms with Gasteiger partial charge >= 0.3 is 17.9 Å². The molecule has 0 radical (unpaired) electrons. The molecule has 1 atom stereocenters. The lowest BCUT2D eigenvalue weighted by atomic mass is 9.91. The van der Waals surface area contributed by atoms with Crippen molar-refractivity contribution in [3.63, 3.8) is 0 Å². The summed E-state index contributed by atoms with van der Waals surface area (Å²) in [6.45, 7) is 2.87. The summed E-state index contributed by atoms with van der Waals surface area (Å²) >= 11 is 0. The largest absolute Gasteiger partial charge is 0.469 e. The molecule has 0 aromatic heterocycles. The molecule has 0 N–H and O–H groups in total. The van der Waals surface area contributed by atoms with Gasteiger partial charge in [0.1, 0.15) is 0 Å². The minimum atomic E-state index is -0.682. The number of ether oxygens (including phenoxy) is 3. The van der Waals surface area contributed by atoms with E-state index in [1.54, 1.807) is 13.8 Å². The van der Waals surface area contributed by atoms with Gasteiger partial charge in [0.05, 0.1) is 25.7 Å². The molecule has 0 fully saturated rings. The summed E-state index contributed by atoms with van der Waals surface area (Å²) in [7, 11) is 2.47. The van der Waals surface area contributed by atoms with Crippen LogP contribution in [0.3, 0.4) is 0 Å². The van der Waals surface area contributed by atoms with E-state index >= 15 is 0 Å². The molecule has 0 spiro atoms. The Morgan fingerprint density at radius 3 is 2.40 bits per heavy atom. The zero-order valence-corrected chi connectivity index (χ0v) is 11.9. The van der Waals surface area contributed by atoms with Crippen LogP contribution in [0.2, 0.25) is 0 Å². The zero-order valence-electron chi connectivity index (χ0n) is 11.9. The number of nitrogens with zero attached hydrogens (tertiary/aromatic N) is 1. The lowest BCUT2D eigenvalue weighted by molar-refractivity contribution is -0.155. The Kier molecular flexibility index (Phi) is 5.42. The van der Waals surface area contributed by atoms with Crippen molar-refractivity contribution in [3.8, 4) is 0 Å². The number of hydrogen-bond acceptors (Lipinski definition) is 7. The van der Waals surface area contributed by atoms with Crippen molar-refractivity contribution in [2.45, 2.75) is 20.3 Å². The summed E-state index contributed by atoms with van der Waals surface area (Å²) in [4.78, 5) is 38.6. The van der Waals surface area contributed by atoms with Crippen LogP contribution in [0.1, 0.15) is 20.3 Å². The van der Waals surface area contributed by atoms with Crippen LogP contribution < -0.4 is 0 Å². The van der Waals surface area contributed by atoms with Crippen LogP contribution in [0, 0.1) is 5.92 Å².